The third-order valence-electron chi connectivity index (χ3n) is 5.40. The second-order valence-electron chi connectivity index (χ2n) is 7.74. The maximum atomic E-state index is 13.1. The Hall–Kier alpha value is -2.46. The van der Waals surface area contributed by atoms with Crippen molar-refractivity contribution in [2.75, 3.05) is 46.5 Å². The molecule has 1 heterocycles. The van der Waals surface area contributed by atoms with Crippen LogP contribution in [-0.4, -0.2) is 71.8 Å². The van der Waals surface area contributed by atoms with E-state index in [0.29, 0.717) is 37.6 Å². The Balaban J connectivity index is 1.71. The van der Waals surface area contributed by atoms with Crippen LogP contribution in [0, 0.1) is 6.92 Å². The van der Waals surface area contributed by atoms with E-state index in [1.807, 2.05) is 30.3 Å². The van der Waals surface area contributed by atoms with Crippen molar-refractivity contribution in [3.05, 3.63) is 59.7 Å². The van der Waals surface area contributed by atoms with E-state index >= 15 is 0 Å². The molecule has 174 valence electrons. The first-order chi connectivity index (χ1) is 15.4. The van der Waals surface area contributed by atoms with E-state index in [1.165, 1.54) is 19.2 Å². The number of rotatable bonds is 10. The van der Waals surface area contributed by atoms with Gasteiger partial charge < -0.3 is 14.8 Å². The molecule has 1 amide bonds. The van der Waals surface area contributed by atoms with E-state index in [9.17, 15) is 13.2 Å². The SMILES string of the molecule is COc1ccc(S(=O)(=O)N[C@@H](Cc2ccccc2)C(=O)NCCN2CCOCC2)cc1C. The van der Waals surface area contributed by atoms with Gasteiger partial charge in [0.05, 0.1) is 25.2 Å². The average molecular weight is 462 g/mol. The second kappa shape index (κ2) is 11.4. The van der Waals surface area contributed by atoms with E-state index in [0.717, 1.165) is 18.7 Å². The fourth-order valence-electron chi connectivity index (χ4n) is 3.60. The van der Waals surface area contributed by atoms with E-state index in [-0.39, 0.29) is 17.2 Å². The molecule has 0 radical (unpaired) electrons. The maximum Gasteiger partial charge on any atom is 0.241 e. The van der Waals surface area contributed by atoms with Gasteiger partial charge in [-0.25, -0.2) is 8.42 Å². The highest BCUT2D eigenvalue weighted by Crippen LogP contribution is 2.21. The number of amides is 1. The number of carbonyl (C=O) groups is 1. The van der Waals surface area contributed by atoms with Crippen LogP contribution in [0.15, 0.2) is 53.4 Å². The molecule has 2 aromatic rings. The molecular formula is C23H31N3O5S. The number of benzene rings is 2. The van der Waals surface area contributed by atoms with Gasteiger partial charge in [0.1, 0.15) is 11.8 Å². The monoisotopic (exact) mass is 461 g/mol. The number of nitrogens with one attached hydrogen (secondary N) is 2. The van der Waals surface area contributed by atoms with E-state index in [2.05, 4.69) is 14.9 Å². The van der Waals surface area contributed by atoms with Gasteiger partial charge in [0.2, 0.25) is 15.9 Å². The number of methoxy groups -OCH3 is 1. The molecule has 0 unspecified atom stereocenters. The first-order valence-electron chi connectivity index (χ1n) is 10.7. The minimum atomic E-state index is -3.91. The largest absolute Gasteiger partial charge is 0.496 e. The molecular weight excluding hydrogens is 430 g/mol. The van der Waals surface area contributed by atoms with E-state index < -0.39 is 16.1 Å². The molecule has 1 aliphatic rings. The van der Waals surface area contributed by atoms with Crippen LogP contribution in [-0.2, 0) is 26.0 Å². The summed E-state index contributed by atoms with van der Waals surface area (Å²) in [6, 6.07) is 13.0. The predicted octanol–water partition coefficient (Wildman–Crippen LogP) is 1.34. The normalized spacial score (nSPS) is 15.8. The van der Waals surface area contributed by atoms with Gasteiger partial charge in [-0.1, -0.05) is 30.3 Å². The number of ether oxygens (including phenoxy) is 2. The molecule has 0 aliphatic carbocycles. The molecule has 0 saturated carbocycles. The molecule has 8 nitrogen and oxygen atoms in total. The Kier molecular flexibility index (Phi) is 8.63. The van der Waals surface area contributed by atoms with E-state index in [1.54, 1.807) is 13.0 Å². The molecule has 1 atom stereocenters. The Labute approximate surface area is 190 Å². The number of hydrogen-bond donors (Lipinski definition) is 2. The standard InChI is InChI=1S/C23H31N3O5S/c1-18-16-20(8-9-22(18)30-2)32(28,29)25-21(17-19-6-4-3-5-7-19)23(27)24-10-11-26-12-14-31-15-13-26/h3-9,16,21,25H,10-15,17H2,1-2H3,(H,24,27)/t21-/m0/s1. The van der Waals surface area contributed by atoms with Crippen molar-refractivity contribution in [1.82, 2.24) is 14.9 Å². The van der Waals surface area contributed by atoms with Crippen LogP contribution in [0.2, 0.25) is 0 Å². The van der Waals surface area contributed by atoms with Gasteiger partial charge in [-0.2, -0.15) is 4.72 Å². The lowest BCUT2D eigenvalue weighted by atomic mass is 10.1. The number of sulfonamides is 1. The maximum absolute atomic E-state index is 13.1. The Morgan fingerprint density at radius 3 is 2.53 bits per heavy atom. The Morgan fingerprint density at radius 1 is 1.16 bits per heavy atom. The van der Waals surface area contributed by atoms with Gasteiger partial charge in [-0.15, -0.1) is 0 Å². The van der Waals surface area contributed by atoms with Gasteiger partial charge in [-0.05, 0) is 42.7 Å². The number of nitrogens with zero attached hydrogens (tertiary/aromatic N) is 1. The molecule has 0 aromatic heterocycles. The number of morpholine rings is 1. The van der Waals surface area contributed by atoms with Crippen LogP contribution < -0.4 is 14.8 Å². The fourth-order valence-corrected chi connectivity index (χ4v) is 4.88. The topological polar surface area (TPSA) is 97.0 Å². The summed E-state index contributed by atoms with van der Waals surface area (Å²) in [6.45, 7) is 5.93. The highest BCUT2D eigenvalue weighted by Gasteiger charge is 2.26. The minimum absolute atomic E-state index is 0.0926. The van der Waals surface area contributed by atoms with Gasteiger partial charge in [0, 0.05) is 26.2 Å². The summed E-state index contributed by atoms with van der Waals surface area (Å²) in [5.41, 5.74) is 1.57. The van der Waals surface area contributed by atoms with Crippen molar-refractivity contribution in [3.8, 4) is 5.75 Å². The van der Waals surface area contributed by atoms with Crippen molar-refractivity contribution >= 4 is 15.9 Å². The predicted molar refractivity (Wildman–Crippen MR) is 122 cm³/mol. The van der Waals surface area contributed by atoms with Crippen LogP contribution in [0.5, 0.6) is 5.75 Å². The van der Waals surface area contributed by atoms with Gasteiger partial charge in [0.15, 0.2) is 0 Å². The molecule has 0 spiro atoms. The first kappa shape index (κ1) is 24.2. The average Bonchev–Trinajstić information content (AvgIpc) is 2.80. The third-order valence-corrected chi connectivity index (χ3v) is 6.87. The van der Waals surface area contributed by atoms with Gasteiger partial charge in [0.25, 0.3) is 0 Å². The lowest BCUT2D eigenvalue weighted by Crippen LogP contribution is -2.49. The summed E-state index contributed by atoms with van der Waals surface area (Å²) in [6.07, 6.45) is 0.249. The summed E-state index contributed by atoms with van der Waals surface area (Å²) in [7, 11) is -2.38. The molecule has 1 aliphatic heterocycles. The Bertz CT molecular complexity index is 992. The summed E-state index contributed by atoms with van der Waals surface area (Å²) in [4.78, 5) is 15.3. The lowest BCUT2D eigenvalue weighted by Gasteiger charge is -2.27. The van der Waals surface area contributed by atoms with Gasteiger partial charge >= 0.3 is 0 Å². The van der Waals surface area contributed by atoms with Gasteiger partial charge in [-0.3, -0.25) is 9.69 Å². The zero-order valence-corrected chi connectivity index (χ0v) is 19.4. The summed E-state index contributed by atoms with van der Waals surface area (Å²) >= 11 is 0. The van der Waals surface area contributed by atoms with E-state index in [4.69, 9.17) is 9.47 Å². The molecule has 32 heavy (non-hydrogen) atoms. The number of hydrogen-bond acceptors (Lipinski definition) is 6. The highest BCUT2D eigenvalue weighted by atomic mass is 32.2. The summed E-state index contributed by atoms with van der Waals surface area (Å²) in [5, 5.41) is 2.89. The first-order valence-corrected chi connectivity index (χ1v) is 12.2. The Morgan fingerprint density at radius 2 is 1.88 bits per heavy atom. The number of aryl methyl sites for hydroxylation is 1. The third kappa shape index (κ3) is 6.77. The molecule has 1 saturated heterocycles. The zero-order chi connectivity index (χ0) is 23.0. The molecule has 3 rings (SSSR count). The van der Waals surface area contributed by atoms with Crippen molar-refractivity contribution in [3.63, 3.8) is 0 Å². The smallest absolute Gasteiger partial charge is 0.241 e. The van der Waals surface area contributed by atoms with Crippen LogP contribution >= 0.6 is 0 Å². The van der Waals surface area contributed by atoms with Crippen LogP contribution in [0.25, 0.3) is 0 Å². The molecule has 1 fully saturated rings. The molecule has 9 heteroatoms. The van der Waals surface area contributed by atoms with Crippen LogP contribution in [0.4, 0.5) is 0 Å². The van der Waals surface area contributed by atoms with Crippen molar-refractivity contribution in [2.45, 2.75) is 24.3 Å². The zero-order valence-electron chi connectivity index (χ0n) is 18.5. The van der Waals surface area contributed by atoms with Crippen molar-refractivity contribution < 1.29 is 22.7 Å². The summed E-state index contributed by atoms with van der Waals surface area (Å²) < 4.78 is 39.3. The lowest BCUT2D eigenvalue weighted by molar-refractivity contribution is -0.122. The van der Waals surface area contributed by atoms with Crippen molar-refractivity contribution in [1.29, 1.82) is 0 Å². The highest BCUT2D eigenvalue weighted by molar-refractivity contribution is 7.89. The molecule has 2 N–H and O–H groups in total. The number of carbonyl (C=O) groups excluding carboxylic acids is 1. The fraction of sp³-hybridized carbons (Fsp3) is 0.435. The minimum Gasteiger partial charge on any atom is -0.496 e. The molecule has 0 bridgehead atoms. The summed E-state index contributed by atoms with van der Waals surface area (Å²) in [5.74, 6) is 0.251. The molecule has 2 aromatic carbocycles. The van der Waals surface area contributed by atoms with Crippen LogP contribution in [0.1, 0.15) is 11.1 Å². The van der Waals surface area contributed by atoms with Crippen molar-refractivity contribution in [2.24, 2.45) is 0 Å². The van der Waals surface area contributed by atoms with Crippen LogP contribution in [0.3, 0.4) is 0 Å². The quantitative estimate of drug-likeness (QED) is 0.554. The second-order valence-corrected chi connectivity index (χ2v) is 9.45.